The van der Waals surface area contributed by atoms with E-state index >= 15 is 0 Å². The van der Waals surface area contributed by atoms with Gasteiger partial charge in [0.25, 0.3) is 0 Å². The number of phenols is 1. The minimum absolute atomic E-state index is 0. The van der Waals surface area contributed by atoms with E-state index in [0.717, 1.165) is 94.7 Å². The van der Waals surface area contributed by atoms with Gasteiger partial charge in [-0.25, -0.2) is 4.98 Å². The third-order valence-corrected chi connectivity index (χ3v) is 12.7. The van der Waals surface area contributed by atoms with E-state index in [9.17, 15) is 6.48 Å². The number of rotatable bonds is 10. The van der Waals surface area contributed by atoms with Crippen molar-refractivity contribution in [3.05, 3.63) is 192 Å². The summed E-state index contributed by atoms with van der Waals surface area (Å²) in [6.45, 7) is 16.9. The van der Waals surface area contributed by atoms with Crippen molar-refractivity contribution < 1.29 is 31.7 Å². The molecule has 340 valence electrons. The van der Waals surface area contributed by atoms with E-state index in [-0.39, 0.29) is 44.1 Å². The molecule has 2 aromatic heterocycles. The van der Waals surface area contributed by atoms with Crippen LogP contribution in [-0.4, -0.2) is 19.6 Å². The molecule has 0 aliphatic heterocycles. The molecule has 0 amide bonds. The van der Waals surface area contributed by atoms with Crippen LogP contribution in [0, 0.1) is 12.9 Å². The number of fused-ring (bicyclic) bond motifs is 1. The Balaban J connectivity index is 0.00000676. The summed E-state index contributed by atoms with van der Waals surface area (Å²) < 4.78 is 35.3. The molecule has 2 heterocycles. The number of para-hydroxylation sites is 1. The predicted molar refractivity (Wildman–Crippen MR) is 278 cm³/mol. The summed E-state index contributed by atoms with van der Waals surface area (Å²) >= 11 is 0. The van der Waals surface area contributed by atoms with Crippen LogP contribution in [0.3, 0.4) is 0 Å². The number of hydrogen-bond donors (Lipinski definition) is 1. The maximum Gasteiger partial charge on any atom is 0.148 e. The van der Waals surface area contributed by atoms with Gasteiger partial charge >= 0.3 is 0 Å². The molecule has 67 heavy (non-hydrogen) atoms. The molecule has 5 heteroatoms. The van der Waals surface area contributed by atoms with Crippen LogP contribution in [-0.2, 0) is 26.5 Å². The van der Waals surface area contributed by atoms with Crippen molar-refractivity contribution in [1.29, 1.82) is 0 Å². The van der Waals surface area contributed by atoms with E-state index in [1.165, 1.54) is 0 Å². The molecule has 0 spiro atoms. The largest absolute Gasteiger partial charge is 0.507 e. The number of imidazole rings is 1. The van der Waals surface area contributed by atoms with Gasteiger partial charge in [0.2, 0.25) is 0 Å². The summed E-state index contributed by atoms with van der Waals surface area (Å²) in [4.78, 5) is 10.5. The third-order valence-electron chi connectivity index (χ3n) is 12.7. The second-order valence-electron chi connectivity index (χ2n) is 19.4. The Morgan fingerprint density at radius 3 is 1.91 bits per heavy atom. The summed E-state index contributed by atoms with van der Waals surface area (Å²) in [7, 11) is 0. The van der Waals surface area contributed by atoms with E-state index in [2.05, 4.69) is 138 Å². The fourth-order valence-corrected chi connectivity index (χ4v) is 8.96. The maximum absolute atomic E-state index is 12.5. The average molecular weight is 1060 g/mol. The first-order valence-corrected chi connectivity index (χ1v) is 23.0. The molecule has 7 aromatic carbocycles. The Morgan fingerprint density at radius 2 is 1.28 bits per heavy atom. The van der Waals surface area contributed by atoms with Gasteiger partial charge in [0.1, 0.15) is 11.6 Å². The first-order chi connectivity index (χ1) is 33.2. The van der Waals surface area contributed by atoms with Crippen molar-refractivity contribution in [2.24, 2.45) is 0 Å². The number of aromatic nitrogens is 3. The summed E-state index contributed by atoms with van der Waals surface area (Å²) in [5.41, 5.74) is 16.1. The molecule has 1 N–H and O–H groups in total. The molecule has 0 bridgehead atoms. The molecular weight excluding hydrogens is 998 g/mol. The third kappa shape index (κ3) is 9.34. The molecule has 9 rings (SSSR count). The zero-order valence-electron chi connectivity index (χ0n) is 43.8. The Kier molecular flexibility index (Phi) is 12.0. The van der Waals surface area contributed by atoms with E-state index < -0.39 is 12.7 Å². The van der Waals surface area contributed by atoms with Crippen LogP contribution in [0.25, 0.3) is 83.9 Å². The van der Waals surface area contributed by atoms with Gasteiger partial charge in [0.05, 0.1) is 22.3 Å². The number of phenolic OH excluding ortho intramolecular Hbond substituents is 1. The summed E-state index contributed by atoms with van der Waals surface area (Å²) in [6, 6.07) is 54.7. The second-order valence-corrected chi connectivity index (χ2v) is 19.4. The van der Waals surface area contributed by atoms with Gasteiger partial charge in [0.15, 0.2) is 0 Å². The van der Waals surface area contributed by atoms with Crippen LogP contribution in [0.5, 0.6) is 5.75 Å². The summed E-state index contributed by atoms with van der Waals surface area (Å²) in [6.07, 6.45) is 1.79. The SMILES string of the molecule is [2H]C([2H])([2H])c1ccc(-c2ccnc(-c3[c-]c(-c4cccc5c4nc(-c4cc(C(C)C)cc(C(C)C)c4O)n5-c4cc(-c5ccccc5)c(C([2H])(C)C)cc4-c4ccccc4)cc(C(C)(C)C)c3)c2)cc1.[Pt]. The van der Waals surface area contributed by atoms with Crippen molar-refractivity contribution in [3.8, 4) is 78.6 Å². The summed E-state index contributed by atoms with van der Waals surface area (Å²) in [5, 5.41) is 12.5. The smallest absolute Gasteiger partial charge is 0.148 e. The Labute approximate surface area is 417 Å². The van der Waals surface area contributed by atoms with Crippen LogP contribution in [0.15, 0.2) is 158 Å². The van der Waals surface area contributed by atoms with Gasteiger partial charge in [-0.2, -0.15) is 0 Å². The normalized spacial score (nSPS) is 13.0. The quantitative estimate of drug-likeness (QED) is 0.139. The van der Waals surface area contributed by atoms with Crippen molar-refractivity contribution in [3.63, 3.8) is 0 Å². The molecule has 0 saturated carbocycles. The molecular formula is C62H60N3OPt-. The van der Waals surface area contributed by atoms with Crippen molar-refractivity contribution in [2.45, 2.75) is 92.3 Å². The number of pyridine rings is 1. The van der Waals surface area contributed by atoms with Gasteiger partial charge < -0.3 is 5.11 Å². The molecule has 0 radical (unpaired) electrons. The van der Waals surface area contributed by atoms with Crippen LogP contribution in [0.2, 0.25) is 0 Å². The molecule has 0 fully saturated rings. The van der Waals surface area contributed by atoms with E-state index in [1.54, 1.807) is 18.3 Å². The average Bonchev–Trinajstić information content (AvgIpc) is 3.72. The Morgan fingerprint density at radius 1 is 0.612 bits per heavy atom. The topological polar surface area (TPSA) is 50.9 Å². The number of hydrogen-bond acceptors (Lipinski definition) is 3. The fraction of sp³-hybridized carbons (Fsp3) is 0.226. The van der Waals surface area contributed by atoms with Crippen molar-refractivity contribution >= 4 is 11.0 Å². The van der Waals surface area contributed by atoms with Gasteiger partial charge in [-0.05, 0) is 105 Å². The first kappa shape index (κ1) is 42.0. The Bertz CT molecular complexity index is 3380. The molecule has 0 unspecified atom stereocenters. The number of aromatic hydroxyl groups is 1. The second kappa shape index (κ2) is 19.1. The number of benzene rings is 7. The van der Waals surface area contributed by atoms with Gasteiger partial charge in [-0.1, -0.05) is 188 Å². The number of aryl methyl sites for hydroxylation is 1. The van der Waals surface area contributed by atoms with Crippen molar-refractivity contribution in [1.82, 2.24) is 14.5 Å². The van der Waals surface area contributed by atoms with Crippen LogP contribution in [0.4, 0.5) is 0 Å². The van der Waals surface area contributed by atoms with E-state index in [1.807, 2.05) is 74.5 Å². The monoisotopic (exact) mass is 1060 g/mol. The molecule has 0 atom stereocenters. The number of nitrogens with zero attached hydrogens (tertiary/aromatic N) is 3. The summed E-state index contributed by atoms with van der Waals surface area (Å²) in [5.74, 6) is 0.0867. The fourth-order valence-electron chi connectivity index (χ4n) is 8.96. The minimum atomic E-state index is -2.19. The van der Waals surface area contributed by atoms with E-state index in [0.29, 0.717) is 17.0 Å². The van der Waals surface area contributed by atoms with Gasteiger partial charge in [-0.15, -0.1) is 29.3 Å². The minimum Gasteiger partial charge on any atom is -0.507 e. The van der Waals surface area contributed by atoms with Crippen LogP contribution >= 0.6 is 0 Å². The zero-order valence-corrected chi connectivity index (χ0v) is 42.0. The van der Waals surface area contributed by atoms with E-state index in [4.69, 9.17) is 14.1 Å². The van der Waals surface area contributed by atoms with Gasteiger partial charge in [-0.3, -0.25) is 9.55 Å². The van der Waals surface area contributed by atoms with Crippen molar-refractivity contribution in [2.75, 3.05) is 0 Å². The maximum atomic E-state index is 12.5. The first-order valence-electron chi connectivity index (χ1n) is 25.0. The standard InChI is InChI=1S/C62H60N3O.Pt/c1-38(2)46-33-52(40(5)6)60(66)55(34-46)61-64-59-50(47-30-48(32-49(31-47)62(8,9)10)56-35-45(28-29-63-56)42-26-24-41(7)25-27-42)22-17-23-57(59)65(61)58-37-53(43-18-13-11-14-19-43)51(39(3)4)36-54(58)44-20-15-12-16-21-44;/h11-29,31-40,66H,1-10H3;/q-1;/i7D3,39D;. The predicted octanol–water partition coefficient (Wildman–Crippen LogP) is 16.9. The molecule has 0 aliphatic rings. The zero-order chi connectivity index (χ0) is 49.9. The molecule has 0 aliphatic carbocycles. The van der Waals surface area contributed by atoms with Crippen LogP contribution < -0.4 is 0 Å². The Hall–Kier alpha value is -6.35. The molecule has 0 saturated heterocycles. The molecule has 9 aromatic rings. The molecule has 4 nitrogen and oxygen atoms in total. The van der Waals surface area contributed by atoms with Gasteiger partial charge in [0, 0.05) is 44.0 Å². The van der Waals surface area contributed by atoms with Crippen LogP contribution in [0.1, 0.15) is 113 Å².